The zero-order valence-corrected chi connectivity index (χ0v) is 22.6. The van der Waals surface area contributed by atoms with Gasteiger partial charge in [0.2, 0.25) is 0 Å². The van der Waals surface area contributed by atoms with Gasteiger partial charge < -0.3 is 20.2 Å². The van der Waals surface area contributed by atoms with E-state index in [1.165, 1.54) is 22.7 Å². The van der Waals surface area contributed by atoms with Gasteiger partial charge in [0.1, 0.15) is 29.1 Å². The molecule has 0 spiro atoms. The zero-order valence-electron chi connectivity index (χ0n) is 22.6. The summed E-state index contributed by atoms with van der Waals surface area (Å²) >= 11 is 0. The molecule has 1 fully saturated rings. The van der Waals surface area contributed by atoms with Crippen LogP contribution < -0.4 is 5.32 Å². The molecular formula is C32H30FN5O3. The van der Waals surface area contributed by atoms with E-state index >= 15 is 0 Å². The molecule has 2 aliphatic rings. The molecule has 2 amide bonds. The number of hydrogen-bond acceptors (Lipinski definition) is 6. The number of aromatic hydroxyl groups is 1. The number of benzene rings is 2. The van der Waals surface area contributed by atoms with E-state index < -0.39 is 23.7 Å². The van der Waals surface area contributed by atoms with Gasteiger partial charge in [-0.05, 0) is 80.9 Å². The molecule has 6 rings (SSSR count). The van der Waals surface area contributed by atoms with E-state index in [2.05, 4.69) is 39.4 Å². The Morgan fingerprint density at radius 3 is 2.56 bits per heavy atom. The number of aromatic nitrogens is 2. The summed E-state index contributed by atoms with van der Waals surface area (Å²) in [5, 5.41) is 13.3. The maximum Gasteiger partial charge on any atom is 0.274 e. The summed E-state index contributed by atoms with van der Waals surface area (Å²) in [5.74, 6) is -1.23. The summed E-state index contributed by atoms with van der Waals surface area (Å²) in [5.41, 5.74) is 3.70. The number of amides is 2. The van der Waals surface area contributed by atoms with Crippen LogP contribution in [0.4, 0.5) is 10.2 Å². The first-order valence-electron chi connectivity index (χ1n) is 13.7. The van der Waals surface area contributed by atoms with E-state index in [1.807, 2.05) is 24.3 Å². The Kier molecular flexibility index (Phi) is 7.19. The number of anilines is 1. The monoisotopic (exact) mass is 551 g/mol. The van der Waals surface area contributed by atoms with E-state index in [1.54, 1.807) is 18.2 Å². The number of nitrogens with zero attached hydrogens (tertiary/aromatic N) is 4. The van der Waals surface area contributed by atoms with Gasteiger partial charge in [-0.1, -0.05) is 36.4 Å². The fraction of sp³-hybridized carbons (Fsp3) is 0.250. The highest BCUT2D eigenvalue weighted by Crippen LogP contribution is 2.37. The molecule has 4 aromatic rings. The van der Waals surface area contributed by atoms with Gasteiger partial charge in [0.05, 0.1) is 5.69 Å². The number of piperidine rings is 1. The molecule has 2 N–H and O–H groups in total. The van der Waals surface area contributed by atoms with Crippen molar-refractivity contribution in [2.45, 2.75) is 31.3 Å². The Hall–Kier alpha value is -4.63. The van der Waals surface area contributed by atoms with Gasteiger partial charge in [0.25, 0.3) is 11.8 Å². The maximum atomic E-state index is 14.3. The van der Waals surface area contributed by atoms with E-state index in [0.717, 1.165) is 43.6 Å². The van der Waals surface area contributed by atoms with Crippen molar-refractivity contribution in [1.82, 2.24) is 19.8 Å². The molecule has 0 aliphatic carbocycles. The number of phenols is 1. The van der Waals surface area contributed by atoms with Gasteiger partial charge in [-0.3, -0.25) is 9.59 Å². The standard InChI is InChI=1S/C32H30FN5O3/c1-37-16-13-21(14-17-37)20-5-7-22(8-6-20)26-11-9-23-19-38(32(41)29(23)35-26)30(25-18-24(33)10-12-27(25)39)31(40)36-28-4-2-3-15-34-28/h2-12,15,18,21,30,39H,13-14,16-17,19H2,1H3,(H,34,36,40). The average molecular weight is 552 g/mol. The molecule has 0 radical (unpaired) electrons. The summed E-state index contributed by atoms with van der Waals surface area (Å²) in [6, 6.07) is 19.1. The van der Waals surface area contributed by atoms with Crippen LogP contribution in [0, 0.1) is 5.82 Å². The third-order valence-electron chi connectivity index (χ3n) is 7.94. The Morgan fingerprint density at radius 1 is 1.05 bits per heavy atom. The van der Waals surface area contributed by atoms with Crippen LogP contribution in [0.25, 0.3) is 11.3 Å². The highest BCUT2D eigenvalue weighted by Gasteiger charge is 2.40. The van der Waals surface area contributed by atoms with Crippen LogP contribution in [0.1, 0.15) is 52.0 Å². The number of carbonyl (C=O) groups excluding carboxylic acids is 2. The Bertz CT molecular complexity index is 1590. The van der Waals surface area contributed by atoms with Crippen molar-refractivity contribution in [2.24, 2.45) is 0 Å². The highest BCUT2D eigenvalue weighted by atomic mass is 19.1. The molecule has 2 aromatic carbocycles. The summed E-state index contributed by atoms with van der Waals surface area (Å²) in [7, 11) is 2.15. The second-order valence-corrected chi connectivity index (χ2v) is 10.6. The number of rotatable bonds is 6. The lowest BCUT2D eigenvalue weighted by atomic mass is 9.89. The smallest absolute Gasteiger partial charge is 0.274 e. The van der Waals surface area contributed by atoms with Crippen LogP contribution in [0.2, 0.25) is 0 Å². The molecular weight excluding hydrogens is 521 g/mol. The third kappa shape index (κ3) is 5.40. The largest absolute Gasteiger partial charge is 0.508 e. The fourth-order valence-electron chi connectivity index (χ4n) is 5.66. The first kappa shape index (κ1) is 26.6. The van der Waals surface area contributed by atoms with Crippen molar-refractivity contribution in [3.63, 3.8) is 0 Å². The zero-order chi connectivity index (χ0) is 28.5. The lowest BCUT2D eigenvalue weighted by Gasteiger charge is -2.29. The van der Waals surface area contributed by atoms with Gasteiger partial charge in [-0.25, -0.2) is 14.4 Å². The van der Waals surface area contributed by atoms with Crippen molar-refractivity contribution in [1.29, 1.82) is 0 Å². The number of fused-ring (bicyclic) bond motifs is 1. The number of carbonyl (C=O) groups is 2. The van der Waals surface area contributed by atoms with Gasteiger partial charge >= 0.3 is 0 Å². The van der Waals surface area contributed by atoms with E-state index in [-0.39, 0.29) is 29.4 Å². The summed E-state index contributed by atoms with van der Waals surface area (Å²) in [6.07, 6.45) is 3.79. The number of nitrogens with one attached hydrogen (secondary N) is 1. The van der Waals surface area contributed by atoms with Crippen LogP contribution in [0.3, 0.4) is 0 Å². The minimum Gasteiger partial charge on any atom is -0.508 e. The van der Waals surface area contributed by atoms with Crippen LogP contribution in [-0.4, -0.2) is 56.8 Å². The second-order valence-electron chi connectivity index (χ2n) is 10.6. The van der Waals surface area contributed by atoms with Gasteiger partial charge in [0.15, 0.2) is 0 Å². The Labute approximate surface area is 237 Å². The molecule has 41 heavy (non-hydrogen) atoms. The molecule has 8 nitrogen and oxygen atoms in total. The van der Waals surface area contributed by atoms with E-state index in [0.29, 0.717) is 17.2 Å². The normalized spacial score (nSPS) is 16.4. The SMILES string of the molecule is CN1CCC(c2ccc(-c3ccc4c(n3)C(=O)N(C(C(=O)Nc3ccccn3)c3cc(F)ccc3O)C4)cc2)CC1. The first-order chi connectivity index (χ1) is 19.9. The molecule has 2 aliphatic heterocycles. The van der Waals surface area contributed by atoms with Crippen LogP contribution >= 0.6 is 0 Å². The number of likely N-dealkylation sites (tertiary alicyclic amines) is 1. The fourth-order valence-corrected chi connectivity index (χ4v) is 5.66. The minimum absolute atomic E-state index is 0.0238. The second kappa shape index (κ2) is 11.1. The van der Waals surface area contributed by atoms with Crippen LogP contribution in [-0.2, 0) is 11.3 Å². The molecule has 4 heterocycles. The predicted octanol–water partition coefficient (Wildman–Crippen LogP) is 5.13. The molecule has 9 heteroatoms. The Morgan fingerprint density at radius 2 is 1.83 bits per heavy atom. The van der Waals surface area contributed by atoms with E-state index in [9.17, 15) is 19.1 Å². The quantitative estimate of drug-likeness (QED) is 0.345. The van der Waals surface area contributed by atoms with Crippen molar-refractivity contribution in [3.8, 4) is 17.0 Å². The van der Waals surface area contributed by atoms with Crippen molar-refractivity contribution >= 4 is 17.6 Å². The molecule has 2 aromatic heterocycles. The van der Waals surface area contributed by atoms with Gasteiger partial charge in [-0.15, -0.1) is 0 Å². The first-order valence-corrected chi connectivity index (χ1v) is 13.7. The van der Waals surface area contributed by atoms with Crippen molar-refractivity contribution < 1.29 is 19.1 Å². The topological polar surface area (TPSA) is 98.7 Å². The van der Waals surface area contributed by atoms with Crippen molar-refractivity contribution in [3.05, 3.63) is 107 Å². The number of hydrogen-bond donors (Lipinski definition) is 2. The Balaban J connectivity index is 1.28. The lowest BCUT2D eigenvalue weighted by Crippen LogP contribution is -2.38. The van der Waals surface area contributed by atoms with Crippen molar-refractivity contribution in [2.75, 3.05) is 25.5 Å². The predicted molar refractivity (Wildman–Crippen MR) is 153 cm³/mol. The molecule has 1 unspecified atom stereocenters. The van der Waals surface area contributed by atoms with E-state index in [4.69, 9.17) is 0 Å². The van der Waals surface area contributed by atoms with Crippen LogP contribution in [0.5, 0.6) is 5.75 Å². The highest BCUT2D eigenvalue weighted by molar-refractivity contribution is 6.03. The number of halogens is 1. The summed E-state index contributed by atoms with van der Waals surface area (Å²) in [4.78, 5) is 39.7. The summed E-state index contributed by atoms with van der Waals surface area (Å²) in [6.45, 7) is 2.25. The molecule has 0 saturated carbocycles. The van der Waals surface area contributed by atoms with Crippen LogP contribution in [0.15, 0.2) is 79.0 Å². The molecule has 0 bridgehead atoms. The molecule has 1 atom stereocenters. The lowest BCUT2D eigenvalue weighted by molar-refractivity contribution is -0.120. The molecule has 1 saturated heterocycles. The summed E-state index contributed by atoms with van der Waals surface area (Å²) < 4.78 is 14.3. The molecule has 208 valence electrons. The maximum absolute atomic E-state index is 14.3. The third-order valence-corrected chi connectivity index (χ3v) is 7.94. The minimum atomic E-state index is -1.31. The van der Waals surface area contributed by atoms with Gasteiger partial charge in [-0.2, -0.15) is 0 Å². The number of phenolic OH excluding ortho intramolecular Hbond substituents is 1. The average Bonchev–Trinajstić information content (AvgIpc) is 3.31. The number of pyridine rings is 2. The van der Waals surface area contributed by atoms with Gasteiger partial charge in [0, 0.05) is 29.4 Å².